The van der Waals surface area contributed by atoms with Crippen molar-refractivity contribution in [2.45, 2.75) is 25.8 Å². The fourth-order valence-corrected chi connectivity index (χ4v) is 4.23. The standard InChI is InChI=1S/C26H23Cl2N3O2/c1-26(2)15-16-9-3-4-10-17(16)23(31-26)22(24(32)29-20-13-7-5-11-18(20)27)25(33)30-21-14-8-6-12-19(21)28/h3-14,31H,15H2,1-2H3,(H,29,32)(H,30,33). The van der Waals surface area contributed by atoms with Crippen LogP contribution < -0.4 is 16.0 Å². The Morgan fingerprint density at radius 3 is 1.82 bits per heavy atom. The van der Waals surface area contributed by atoms with E-state index in [1.54, 1.807) is 48.5 Å². The maximum absolute atomic E-state index is 13.5. The van der Waals surface area contributed by atoms with Crippen molar-refractivity contribution in [3.05, 3.63) is 99.5 Å². The molecular weight excluding hydrogens is 457 g/mol. The van der Waals surface area contributed by atoms with Gasteiger partial charge in [-0.15, -0.1) is 0 Å². The smallest absolute Gasteiger partial charge is 0.263 e. The summed E-state index contributed by atoms with van der Waals surface area (Å²) in [7, 11) is 0. The van der Waals surface area contributed by atoms with Crippen LogP contribution in [0.2, 0.25) is 10.0 Å². The quantitative estimate of drug-likeness (QED) is 0.247. The zero-order chi connectivity index (χ0) is 23.6. The van der Waals surface area contributed by atoms with Crippen molar-refractivity contribution in [1.29, 1.82) is 0 Å². The lowest BCUT2D eigenvalue weighted by Crippen LogP contribution is -2.45. The first-order valence-electron chi connectivity index (χ1n) is 10.5. The summed E-state index contributed by atoms with van der Waals surface area (Å²) in [5.74, 6) is -1.16. The normalized spacial score (nSPS) is 14.0. The van der Waals surface area contributed by atoms with E-state index in [1.807, 2.05) is 38.1 Å². The highest BCUT2D eigenvalue weighted by Crippen LogP contribution is 2.33. The van der Waals surface area contributed by atoms with Gasteiger partial charge in [-0.3, -0.25) is 9.59 Å². The van der Waals surface area contributed by atoms with E-state index in [1.165, 1.54) is 0 Å². The lowest BCUT2D eigenvalue weighted by molar-refractivity contribution is -0.118. The summed E-state index contributed by atoms with van der Waals surface area (Å²) < 4.78 is 0. The third-order valence-electron chi connectivity index (χ3n) is 5.33. The number of hydrogen-bond donors (Lipinski definition) is 3. The number of rotatable bonds is 4. The number of hydrogen-bond acceptors (Lipinski definition) is 3. The second kappa shape index (κ2) is 9.30. The van der Waals surface area contributed by atoms with Gasteiger partial charge in [0.25, 0.3) is 11.8 Å². The van der Waals surface area contributed by atoms with Crippen LogP contribution in [0.15, 0.2) is 78.4 Å². The molecule has 0 saturated heterocycles. The molecule has 3 aromatic rings. The lowest BCUT2D eigenvalue weighted by Gasteiger charge is -2.36. The summed E-state index contributed by atoms with van der Waals surface area (Å²) >= 11 is 12.5. The van der Waals surface area contributed by atoms with E-state index in [-0.39, 0.29) is 11.1 Å². The van der Waals surface area contributed by atoms with Crippen molar-refractivity contribution >= 4 is 52.1 Å². The molecule has 1 aliphatic rings. The van der Waals surface area contributed by atoms with Crippen LogP contribution >= 0.6 is 23.2 Å². The molecule has 3 aromatic carbocycles. The van der Waals surface area contributed by atoms with Crippen LogP contribution in [0.1, 0.15) is 25.0 Å². The zero-order valence-electron chi connectivity index (χ0n) is 18.2. The molecule has 0 aliphatic carbocycles. The minimum atomic E-state index is -0.581. The van der Waals surface area contributed by atoms with Gasteiger partial charge >= 0.3 is 0 Å². The van der Waals surface area contributed by atoms with Crippen molar-refractivity contribution in [3.8, 4) is 0 Å². The molecule has 0 radical (unpaired) electrons. The van der Waals surface area contributed by atoms with E-state index >= 15 is 0 Å². The molecule has 33 heavy (non-hydrogen) atoms. The Kier molecular flexibility index (Phi) is 6.45. The first kappa shape index (κ1) is 22.9. The van der Waals surface area contributed by atoms with Crippen LogP contribution in [0.25, 0.3) is 5.70 Å². The molecule has 2 amide bonds. The van der Waals surface area contributed by atoms with Gasteiger partial charge in [0.15, 0.2) is 0 Å². The lowest BCUT2D eigenvalue weighted by atomic mass is 9.84. The summed E-state index contributed by atoms with van der Waals surface area (Å²) in [6.45, 7) is 4.05. The summed E-state index contributed by atoms with van der Waals surface area (Å²) in [5.41, 5.74) is 2.70. The third-order valence-corrected chi connectivity index (χ3v) is 5.99. The topological polar surface area (TPSA) is 70.2 Å². The molecule has 5 nitrogen and oxygen atoms in total. The van der Waals surface area contributed by atoms with Gasteiger partial charge in [0.2, 0.25) is 0 Å². The average Bonchev–Trinajstić information content (AvgIpc) is 2.76. The first-order valence-corrected chi connectivity index (χ1v) is 11.2. The Morgan fingerprint density at radius 1 is 0.788 bits per heavy atom. The van der Waals surface area contributed by atoms with Gasteiger partial charge < -0.3 is 16.0 Å². The largest absolute Gasteiger partial charge is 0.379 e. The second-order valence-electron chi connectivity index (χ2n) is 8.46. The highest BCUT2D eigenvalue weighted by atomic mass is 35.5. The van der Waals surface area contributed by atoms with Gasteiger partial charge in [0.1, 0.15) is 5.57 Å². The number of nitrogens with one attached hydrogen (secondary N) is 3. The minimum absolute atomic E-state index is 0.0601. The predicted octanol–water partition coefficient (Wildman–Crippen LogP) is 5.91. The number of halogens is 2. The molecule has 0 bridgehead atoms. The Bertz CT molecular complexity index is 1210. The van der Waals surface area contributed by atoms with Crippen LogP contribution in [0.4, 0.5) is 11.4 Å². The monoisotopic (exact) mass is 479 g/mol. The second-order valence-corrected chi connectivity index (χ2v) is 9.28. The summed E-state index contributed by atoms with van der Waals surface area (Å²) in [5, 5.41) is 9.72. The molecule has 168 valence electrons. The van der Waals surface area contributed by atoms with Gasteiger partial charge in [-0.05, 0) is 50.1 Å². The van der Waals surface area contributed by atoms with Gasteiger partial charge in [-0.1, -0.05) is 71.7 Å². The number of anilines is 2. The summed E-state index contributed by atoms with van der Waals surface area (Å²) in [6, 6.07) is 21.5. The molecule has 0 saturated carbocycles. The van der Waals surface area contributed by atoms with Crippen molar-refractivity contribution in [1.82, 2.24) is 5.32 Å². The molecule has 0 fully saturated rings. The molecule has 1 aliphatic heterocycles. The molecule has 7 heteroatoms. The fourth-order valence-electron chi connectivity index (χ4n) is 3.87. The Balaban J connectivity index is 1.84. The number of fused-ring (bicyclic) bond motifs is 1. The summed E-state index contributed by atoms with van der Waals surface area (Å²) in [6.07, 6.45) is 0.748. The van der Waals surface area contributed by atoms with Crippen LogP contribution in [-0.4, -0.2) is 17.4 Å². The first-order chi connectivity index (χ1) is 15.7. The van der Waals surface area contributed by atoms with E-state index in [9.17, 15) is 9.59 Å². The molecule has 0 spiro atoms. The molecule has 1 heterocycles. The van der Waals surface area contributed by atoms with E-state index in [2.05, 4.69) is 16.0 Å². The van der Waals surface area contributed by atoms with Gasteiger partial charge in [0, 0.05) is 11.1 Å². The maximum Gasteiger partial charge on any atom is 0.263 e. The summed E-state index contributed by atoms with van der Waals surface area (Å²) in [4.78, 5) is 27.1. The van der Waals surface area contributed by atoms with Crippen molar-refractivity contribution in [2.24, 2.45) is 0 Å². The third kappa shape index (κ3) is 5.05. The Morgan fingerprint density at radius 2 is 1.27 bits per heavy atom. The fraction of sp³-hybridized carbons (Fsp3) is 0.154. The molecule has 0 atom stereocenters. The van der Waals surface area contributed by atoms with E-state index in [4.69, 9.17) is 23.2 Å². The van der Waals surface area contributed by atoms with Crippen molar-refractivity contribution in [2.75, 3.05) is 10.6 Å². The zero-order valence-corrected chi connectivity index (χ0v) is 19.7. The van der Waals surface area contributed by atoms with Gasteiger partial charge in [-0.2, -0.15) is 0 Å². The number of amides is 2. The van der Waals surface area contributed by atoms with Crippen LogP contribution in [0, 0.1) is 0 Å². The maximum atomic E-state index is 13.5. The average molecular weight is 480 g/mol. The van der Waals surface area contributed by atoms with E-state index in [0.29, 0.717) is 27.1 Å². The van der Waals surface area contributed by atoms with Crippen LogP contribution in [0.5, 0.6) is 0 Å². The van der Waals surface area contributed by atoms with Gasteiger partial charge in [0.05, 0.1) is 27.1 Å². The number of carbonyl (C=O) groups excluding carboxylic acids is 2. The Labute approximate surface area is 202 Å². The van der Waals surface area contributed by atoms with Crippen LogP contribution in [0.3, 0.4) is 0 Å². The Hall–Kier alpha value is -3.28. The van der Waals surface area contributed by atoms with Gasteiger partial charge in [-0.25, -0.2) is 0 Å². The molecule has 3 N–H and O–H groups in total. The number of para-hydroxylation sites is 2. The highest BCUT2D eigenvalue weighted by molar-refractivity contribution is 6.37. The molecule has 0 aromatic heterocycles. The highest BCUT2D eigenvalue weighted by Gasteiger charge is 2.33. The molecule has 0 unspecified atom stereocenters. The number of carbonyl (C=O) groups is 2. The molecular formula is C26H23Cl2N3O2. The minimum Gasteiger partial charge on any atom is -0.379 e. The predicted molar refractivity (Wildman–Crippen MR) is 134 cm³/mol. The van der Waals surface area contributed by atoms with E-state index < -0.39 is 11.8 Å². The van der Waals surface area contributed by atoms with Crippen molar-refractivity contribution < 1.29 is 9.59 Å². The SMILES string of the molecule is CC1(C)Cc2ccccc2C(=C(C(=O)Nc2ccccc2Cl)C(=O)Nc2ccccc2Cl)N1. The number of benzene rings is 3. The molecule has 4 rings (SSSR count). The van der Waals surface area contributed by atoms with E-state index in [0.717, 1.165) is 17.5 Å². The van der Waals surface area contributed by atoms with Crippen molar-refractivity contribution in [3.63, 3.8) is 0 Å². The van der Waals surface area contributed by atoms with Crippen LogP contribution in [-0.2, 0) is 16.0 Å².